The van der Waals surface area contributed by atoms with E-state index in [1.165, 1.54) is 4.31 Å². The second-order valence-electron chi connectivity index (χ2n) is 4.31. The van der Waals surface area contributed by atoms with Crippen LogP contribution in [0, 0.1) is 0 Å². The van der Waals surface area contributed by atoms with Crippen LogP contribution in [0.2, 0.25) is 0 Å². The summed E-state index contributed by atoms with van der Waals surface area (Å²) in [5.41, 5.74) is 7.48. The minimum atomic E-state index is -3.44. The highest BCUT2D eigenvalue weighted by Crippen LogP contribution is 2.09. The van der Waals surface area contributed by atoms with Gasteiger partial charge >= 0.3 is 0 Å². The molecule has 1 aromatic carbocycles. The molecule has 2 rings (SSSR count). The number of hydrogen-bond donors (Lipinski definition) is 2. The summed E-state index contributed by atoms with van der Waals surface area (Å²) in [7, 11) is -3.44. The van der Waals surface area contributed by atoms with Crippen molar-refractivity contribution >= 4 is 10.2 Å². The van der Waals surface area contributed by atoms with Crippen LogP contribution in [0.15, 0.2) is 24.3 Å². The summed E-state index contributed by atoms with van der Waals surface area (Å²) in [6.45, 7) is 2.34. The first-order chi connectivity index (χ1) is 9.13. The van der Waals surface area contributed by atoms with E-state index in [-0.39, 0.29) is 6.54 Å². The van der Waals surface area contributed by atoms with Crippen molar-refractivity contribution in [3.05, 3.63) is 35.4 Å². The number of nitrogens with zero attached hydrogens (tertiary/aromatic N) is 1. The Morgan fingerprint density at radius 2 is 1.84 bits per heavy atom. The Hall–Kier alpha value is -0.990. The summed E-state index contributed by atoms with van der Waals surface area (Å²) in [6, 6.07) is 7.54. The molecule has 19 heavy (non-hydrogen) atoms. The molecule has 0 aliphatic carbocycles. The fourth-order valence-corrected chi connectivity index (χ4v) is 3.13. The maximum atomic E-state index is 12.1. The van der Waals surface area contributed by atoms with Gasteiger partial charge in [0.05, 0.1) is 13.2 Å². The van der Waals surface area contributed by atoms with Crippen LogP contribution >= 0.6 is 0 Å². The molecule has 1 heterocycles. The van der Waals surface area contributed by atoms with Crippen molar-refractivity contribution in [3.63, 3.8) is 0 Å². The number of nitrogens with one attached hydrogen (secondary N) is 1. The number of nitrogens with two attached hydrogens (primary N) is 1. The predicted molar refractivity (Wildman–Crippen MR) is 72.5 cm³/mol. The van der Waals surface area contributed by atoms with Gasteiger partial charge in [-0.05, 0) is 11.1 Å². The summed E-state index contributed by atoms with van der Waals surface area (Å²) >= 11 is 0. The summed E-state index contributed by atoms with van der Waals surface area (Å²) in [5.74, 6) is 0. The molecule has 0 bridgehead atoms. The van der Waals surface area contributed by atoms with E-state index in [2.05, 4.69) is 4.72 Å². The highest BCUT2D eigenvalue weighted by atomic mass is 32.2. The lowest BCUT2D eigenvalue weighted by Gasteiger charge is -2.26. The van der Waals surface area contributed by atoms with Crippen LogP contribution in [0.4, 0.5) is 0 Å². The zero-order valence-corrected chi connectivity index (χ0v) is 11.5. The summed E-state index contributed by atoms with van der Waals surface area (Å²) in [5, 5.41) is 0. The Morgan fingerprint density at radius 3 is 2.47 bits per heavy atom. The molecule has 0 unspecified atom stereocenters. The predicted octanol–water partition coefficient (Wildman–Crippen LogP) is -0.188. The van der Waals surface area contributed by atoms with Gasteiger partial charge in [-0.3, -0.25) is 0 Å². The quantitative estimate of drug-likeness (QED) is 0.785. The highest BCUT2D eigenvalue weighted by Gasteiger charge is 2.23. The zero-order chi connectivity index (χ0) is 13.7. The van der Waals surface area contributed by atoms with Gasteiger partial charge in [-0.2, -0.15) is 17.4 Å². The standard InChI is InChI=1S/C12H19N3O3S/c13-9-11-3-1-2-4-12(11)10-14-19(16,17)15-5-7-18-8-6-15/h1-4,14H,5-10,13H2. The van der Waals surface area contributed by atoms with Crippen LogP contribution < -0.4 is 10.5 Å². The van der Waals surface area contributed by atoms with Crippen LogP contribution in [-0.4, -0.2) is 39.0 Å². The van der Waals surface area contributed by atoms with Gasteiger partial charge in [0.25, 0.3) is 10.2 Å². The van der Waals surface area contributed by atoms with Crippen LogP contribution in [0.25, 0.3) is 0 Å². The maximum absolute atomic E-state index is 12.1. The monoisotopic (exact) mass is 285 g/mol. The minimum absolute atomic E-state index is 0.257. The van der Waals surface area contributed by atoms with Gasteiger partial charge in [-0.1, -0.05) is 24.3 Å². The Labute approximate surface area is 113 Å². The summed E-state index contributed by atoms with van der Waals surface area (Å²) in [4.78, 5) is 0. The van der Waals surface area contributed by atoms with Crippen molar-refractivity contribution in [1.82, 2.24) is 9.03 Å². The third-order valence-corrected chi connectivity index (χ3v) is 4.65. The summed E-state index contributed by atoms with van der Waals surface area (Å²) < 4.78 is 33.3. The van der Waals surface area contributed by atoms with Crippen molar-refractivity contribution in [2.75, 3.05) is 26.3 Å². The molecule has 0 amide bonds. The van der Waals surface area contributed by atoms with Crippen molar-refractivity contribution in [3.8, 4) is 0 Å². The second-order valence-corrected chi connectivity index (χ2v) is 6.07. The van der Waals surface area contributed by atoms with Crippen LogP contribution in [0.5, 0.6) is 0 Å². The Morgan fingerprint density at radius 1 is 1.21 bits per heavy atom. The first-order valence-electron chi connectivity index (χ1n) is 6.23. The fraction of sp³-hybridized carbons (Fsp3) is 0.500. The molecule has 1 saturated heterocycles. The Kier molecular flexibility index (Phi) is 4.89. The molecule has 106 valence electrons. The normalized spacial score (nSPS) is 17.5. The topological polar surface area (TPSA) is 84.7 Å². The smallest absolute Gasteiger partial charge is 0.279 e. The minimum Gasteiger partial charge on any atom is -0.379 e. The van der Waals surface area contributed by atoms with E-state index in [9.17, 15) is 8.42 Å². The van der Waals surface area contributed by atoms with E-state index < -0.39 is 10.2 Å². The number of benzene rings is 1. The van der Waals surface area contributed by atoms with E-state index >= 15 is 0 Å². The third-order valence-electron chi connectivity index (χ3n) is 3.09. The maximum Gasteiger partial charge on any atom is 0.279 e. The number of morpholine rings is 1. The van der Waals surface area contributed by atoms with E-state index in [1.54, 1.807) is 0 Å². The third kappa shape index (κ3) is 3.74. The molecule has 0 atom stereocenters. The van der Waals surface area contributed by atoms with E-state index in [4.69, 9.17) is 10.5 Å². The Balaban J connectivity index is 2.00. The van der Waals surface area contributed by atoms with Crippen molar-refractivity contribution in [1.29, 1.82) is 0 Å². The average Bonchev–Trinajstić information content (AvgIpc) is 2.46. The molecule has 7 heteroatoms. The molecule has 0 aromatic heterocycles. The van der Waals surface area contributed by atoms with E-state index in [1.807, 2.05) is 24.3 Å². The molecule has 6 nitrogen and oxygen atoms in total. The lowest BCUT2D eigenvalue weighted by Crippen LogP contribution is -2.46. The lowest BCUT2D eigenvalue weighted by atomic mass is 10.1. The van der Waals surface area contributed by atoms with Gasteiger partial charge in [0.15, 0.2) is 0 Å². The molecule has 1 aliphatic rings. The van der Waals surface area contributed by atoms with Gasteiger partial charge in [0.1, 0.15) is 0 Å². The molecule has 3 N–H and O–H groups in total. The van der Waals surface area contributed by atoms with Gasteiger partial charge in [-0.15, -0.1) is 0 Å². The Bertz CT molecular complexity index is 513. The number of ether oxygens (including phenoxy) is 1. The van der Waals surface area contributed by atoms with Crippen molar-refractivity contribution in [2.45, 2.75) is 13.1 Å². The second kappa shape index (κ2) is 6.44. The lowest BCUT2D eigenvalue weighted by molar-refractivity contribution is 0.0725. The largest absolute Gasteiger partial charge is 0.379 e. The first kappa shape index (κ1) is 14.4. The highest BCUT2D eigenvalue weighted by molar-refractivity contribution is 7.87. The van der Waals surface area contributed by atoms with Gasteiger partial charge < -0.3 is 10.5 Å². The number of hydrogen-bond acceptors (Lipinski definition) is 4. The molecular weight excluding hydrogens is 266 g/mol. The average molecular weight is 285 g/mol. The molecule has 0 saturated carbocycles. The SMILES string of the molecule is NCc1ccccc1CNS(=O)(=O)N1CCOCC1. The van der Waals surface area contributed by atoms with Crippen molar-refractivity contribution in [2.24, 2.45) is 5.73 Å². The molecular formula is C12H19N3O3S. The van der Waals surface area contributed by atoms with Crippen LogP contribution in [0.1, 0.15) is 11.1 Å². The first-order valence-corrected chi connectivity index (χ1v) is 7.67. The van der Waals surface area contributed by atoms with Gasteiger partial charge in [-0.25, -0.2) is 0 Å². The molecule has 0 radical (unpaired) electrons. The summed E-state index contributed by atoms with van der Waals surface area (Å²) in [6.07, 6.45) is 0. The molecule has 1 aromatic rings. The van der Waals surface area contributed by atoms with Gasteiger partial charge in [0, 0.05) is 26.2 Å². The molecule has 1 fully saturated rings. The van der Waals surface area contributed by atoms with E-state index in [0.717, 1.165) is 11.1 Å². The zero-order valence-electron chi connectivity index (χ0n) is 10.7. The van der Waals surface area contributed by atoms with Crippen LogP contribution in [0.3, 0.4) is 0 Å². The van der Waals surface area contributed by atoms with E-state index in [0.29, 0.717) is 32.8 Å². The van der Waals surface area contributed by atoms with Gasteiger partial charge in [0.2, 0.25) is 0 Å². The van der Waals surface area contributed by atoms with Crippen LogP contribution in [-0.2, 0) is 28.0 Å². The van der Waals surface area contributed by atoms with Crippen molar-refractivity contribution < 1.29 is 13.2 Å². The molecule has 0 spiro atoms. The molecule has 1 aliphatic heterocycles. The fourth-order valence-electron chi connectivity index (χ4n) is 1.98. The number of rotatable bonds is 5.